The Labute approximate surface area is 89.5 Å². The molecule has 0 unspecified atom stereocenters. The van der Waals surface area contributed by atoms with E-state index in [9.17, 15) is 4.39 Å². The summed E-state index contributed by atoms with van der Waals surface area (Å²) in [6.45, 7) is 1.97. The van der Waals surface area contributed by atoms with Crippen LogP contribution >= 0.6 is 15.9 Å². The van der Waals surface area contributed by atoms with E-state index in [0.717, 1.165) is 11.3 Å². The summed E-state index contributed by atoms with van der Waals surface area (Å²) in [5, 5.41) is 0. The van der Waals surface area contributed by atoms with Crippen LogP contribution in [0.1, 0.15) is 5.56 Å². The number of benzene rings is 1. The SMILES string of the molecule is Cc1cccc(-n2cc(Br)nc2F)c1. The summed E-state index contributed by atoms with van der Waals surface area (Å²) in [5.74, 6) is 0. The van der Waals surface area contributed by atoms with Crippen molar-refractivity contribution in [3.05, 3.63) is 46.7 Å². The Bertz CT molecular complexity index is 465. The van der Waals surface area contributed by atoms with Crippen LogP contribution in [0.25, 0.3) is 5.69 Å². The quantitative estimate of drug-likeness (QED) is 0.765. The molecule has 0 spiro atoms. The van der Waals surface area contributed by atoms with Gasteiger partial charge < -0.3 is 0 Å². The zero-order valence-electron chi connectivity index (χ0n) is 7.54. The molecule has 0 saturated carbocycles. The summed E-state index contributed by atoms with van der Waals surface area (Å²) >= 11 is 3.13. The predicted octanol–water partition coefficient (Wildman–Crippen LogP) is 3.08. The van der Waals surface area contributed by atoms with E-state index < -0.39 is 6.08 Å². The van der Waals surface area contributed by atoms with Crippen LogP contribution in [0.5, 0.6) is 0 Å². The second-order valence-corrected chi connectivity index (χ2v) is 3.85. The first kappa shape index (κ1) is 9.40. The van der Waals surface area contributed by atoms with Gasteiger partial charge in [0.15, 0.2) is 0 Å². The van der Waals surface area contributed by atoms with Crippen LogP contribution in [0, 0.1) is 13.0 Å². The van der Waals surface area contributed by atoms with Crippen LogP contribution in [0.2, 0.25) is 0 Å². The van der Waals surface area contributed by atoms with E-state index in [-0.39, 0.29) is 0 Å². The first-order chi connectivity index (χ1) is 6.66. The van der Waals surface area contributed by atoms with Gasteiger partial charge >= 0.3 is 0 Å². The average Bonchev–Trinajstić information content (AvgIpc) is 2.45. The third-order valence-corrected chi connectivity index (χ3v) is 2.30. The first-order valence-electron chi connectivity index (χ1n) is 4.14. The Balaban J connectivity index is 2.54. The van der Waals surface area contributed by atoms with Gasteiger partial charge in [-0.1, -0.05) is 12.1 Å². The van der Waals surface area contributed by atoms with Crippen molar-refractivity contribution in [1.82, 2.24) is 9.55 Å². The number of imidazole rings is 1. The smallest absolute Gasteiger partial charge is 0.275 e. The summed E-state index contributed by atoms with van der Waals surface area (Å²) in [6.07, 6.45) is 1.09. The van der Waals surface area contributed by atoms with Crippen molar-refractivity contribution in [1.29, 1.82) is 0 Å². The molecule has 1 aromatic heterocycles. The second kappa shape index (κ2) is 3.53. The number of aromatic nitrogens is 2. The Morgan fingerprint density at radius 2 is 2.21 bits per heavy atom. The maximum atomic E-state index is 13.2. The molecule has 2 rings (SSSR count). The van der Waals surface area contributed by atoms with Gasteiger partial charge in [-0.3, -0.25) is 4.57 Å². The van der Waals surface area contributed by atoms with Crippen LogP contribution in [-0.2, 0) is 0 Å². The molecule has 0 fully saturated rings. The molecule has 0 aliphatic heterocycles. The van der Waals surface area contributed by atoms with E-state index >= 15 is 0 Å². The van der Waals surface area contributed by atoms with E-state index in [1.54, 1.807) is 6.20 Å². The maximum Gasteiger partial charge on any atom is 0.294 e. The zero-order chi connectivity index (χ0) is 10.1. The van der Waals surface area contributed by atoms with Crippen molar-refractivity contribution < 1.29 is 4.39 Å². The van der Waals surface area contributed by atoms with Crippen LogP contribution in [0.15, 0.2) is 35.1 Å². The lowest BCUT2D eigenvalue weighted by molar-refractivity contribution is 0.522. The molecule has 1 heterocycles. The van der Waals surface area contributed by atoms with Crippen LogP contribution < -0.4 is 0 Å². The predicted molar refractivity (Wildman–Crippen MR) is 56.0 cm³/mol. The molecule has 0 aliphatic rings. The number of hydrogen-bond acceptors (Lipinski definition) is 1. The van der Waals surface area contributed by atoms with Gasteiger partial charge in [0.2, 0.25) is 0 Å². The van der Waals surface area contributed by atoms with Gasteiger partial charge in [-0.2, -0.15) is 9.37 Å². The Kier molecular flexibility index (Phi) is 2.37. The average molecular weight is 255 g/mol. The van der Waals surface area contributed by atoms with E-state index in [0.29, 0.717) is 4.60 Å². The minimum atomic E-state index is -0.512. The van der Waals surface area contributed by atoms with Gasteiger partial charge in [0.1, 0.15) is 4.60 Å². The van der Waals surface area contributed by atoms with Gasteiger partial charge in [0.05, 0.1) is 0 Å². The molecular formula is C10H8BrFN2. The third-order valence-electron chi connectivity index (χ3n) is 1.91. The molecule has 0 saturated heterocycles. The van der Waals surface area contributed by atoms with Crippen LogP contribution in [0.4, 0.5) is 4.39 Å². The van der Waals surface area contributed by atoms with E-state index in [1.807, 2.05) is 31.2 Å². The molecule has 72 valence electrons. The van der Waals surface area contributed by atoms with Gasteiger partial charge in [-0.05, 0) is 40.5 Å². The minimum absolute atomic E-state index is 0.497. The number of rotatable bonds is 1. The van der Waals surface area contributed by atoms with Gasteiger partial charge in [0, 0.05) is 11.9 Å². The number of hydrogen-bond donors (Lipinski definition) is 0. The molecule has 0 N–H and O–H groups in total. The fourth-order valence-corrected chi connectivity index (χ4v) is 1.64. The molecule has 4 heteroatoms. The largest absolute Gasteiger partial charge is 0.294 e. The Morgan fingerprint density at radius 1 is 1.43 bits per heavy atom. The molecule has 0 radical (unpaired) electrons. The molecule has 14 heavy (non-hydrogen) atoms. The van der Waals surface area contributed by atoms with Crippen molar-refractivity contribution in [3.63, 3.8) is 0 Å². The minimum Gasteiger partial charge on any atom is -0.275 e. The van der Waals surface area contributed by atoms with Crippen molar-refractivity contribution in [3.8, 4) is 5.69 Å². The lowest BCUT2D eigenvalue weighted by Crippen LogP contribution is -1.96. The molecule has 2 nitrogen and oxygen atoms in total. The molecule has 0 bridgehead atoms. The third kappa shape index (κ3) is 1.70. The van der Waals surface area contributed by atoms with E-state index in [4.69, 9.17) is 0 Å². The molecule has 1 aromatic carbocycles. The number of aryl methyl sites for hydroxylation is 1. The maximum absolute atomic E-state index is 13.2. The summed E-state index contributed by atoms with van der Waals surface area (Å²) < 4.78 is 15.1. The highest BCUT2D eigenvalue weighted by atomic mass is 79.9. The van der Waals surface area contributed by atoms with Crippen molar-refractivity contribution in [2.75, 3.05) is 0 Å². The highest BCUT2D eigenvalue weighted by Crippen LogP contribution is 2.16. The molecular weight excluding hydrogens is 247 g/mol. The lowest BCUT2D eigenvalue weighted by atomic mass is 10.2. The van der Waals surface area contributed by atoms with Gasteiger partial charge in [0.25, 0.3) is 6.08 Å². The Hall–Kier alpha value is -1.16. The Morgan fingerprint density at radius 3 is 2.79 bits per heavy atom. The van der Waals surface area contributed by atoms with Crippen molar-refractivity contribution >= 4 is 15.9 Å². The van der Waals surface area contributed by atoms with Crippen molar-refractivity contribution in [2.45, 2.75) is 6.92 Å². The normalized spacial score (nSPS) is 10.5. The van der Waals surface area contributed by atoms with E-state index in [1.165, 1.54) is 4.57 Å². The van der Waals surface area contributed by atoms with Crippen molar-refractivity contribution in [2.24, 2.45) is 0 Å². The van der Waals surface area contributed by atoms with E-state index in [2.05, 4.69) is 20.9 Å². The highest BCUT2D eigenvalue weighted by Gasteiger charge is 2.06. The number of nitrogens with zero attached hydrogens (tertiary/aromatic N) is 2. The highest BCUT2D eigenvalue weighted by molar-refractivity contribution is 9.10. The summed E-state index contributed by atoms with van der Waals surface area (Å²) in [6, 6.07) is 7.59. The monoisotopic (exact) mass is 254 g/mol. The summed E-state index contributed by atoms with van der Waals surface area (Å²) in [5.41, 5.74) is 1.87. The lowest BCUT2D eigenvalue weighted by Gasteiger charge is -2.02. The second-order valence-electron chi connectivity index (χ2n) is 3.04. The summed E-state index contributed by atoms with van der Waals surface area (Å²) in [4.78, 5) is 3.63. The van der Waals surface area contributed by atoms with Crippen LogP contribution in [-0.4, -0.2) is 9.55 Å². The summed E-state index contributed by atoms with van der Waals surface area (Å²) in [7, 11) is 0. The fraction of sp³-hybridized carbons (Fsp3) is 0.100. The molecule has 0 aliphatic carbocycles. The molecule has 0 amide bonds. The first-order valence-corrected chi connectivity index (χ1v) is 4.93. The van der Waals surface area contributed by atoms with Gasteiger partial charge in [-0.25, -0.2) is 0 Å². The standard InChI is InChI=1S/C10H8BrFN2/c1-7-3-2-4-8(5-7)14-6-9(11)13-10(14)12/h2-6H,1H3. The van der Waals surface area contributed by atoms with Crippen LogP contribution in [0.3, 0.4) is 0 Å². The fourth-order valence-electron chi connectivity index (χ4n) is 1.29. The number of halogens is 2. The topological polar surface area (TPSA) is 17.8 Å². The molecule has 0 atom stereocenters. The van der Waals surface area contributed by atoms with Gasteiger partial charge in [-0.15, -0.1) is 0 Å². The zero-order valence-corrected chi connectivity index (χ0v) is 9.12. The molecule has 2 aromatic rings.